The van der Waals surface area contributed by atoms with Gasteiger partial charge in [0, 0.05) is 12.6 Å². The highest BCUT2D eigenvalue weighted by Crippen LogP contribution is 2.34. The molecule has 0 aliphatic carbocycles. The molecule has 1 unspecified atom stereocenters. The first kappa shape index (κ1) is 13.3. The lowest BCUT2D eigenvalue weighted by molar-refractivity contribution is 0.0605. The molecule has 0 aromatic carbocycles. The summed E-state index contributed by atoms with van der Waals surface area (Å²) in [6.07, 6.45) is 2.42. The Hall–Kier alpha value is -1.10. The van der Waals surface area contributed by atoms with Crippen LogP contribution in [-0.2, 0) is 4.74 Å². The fourth-order valence-electron chi connectivity index (χ4n) is 2.51. The van der Waals surface area contributed by atoms with E-state index in [2.05, 4.69) is 23.7 Å². The molecule has 1 aliphatic heterocycles. The molecule has 0 N–H and O–H groups in total. The fraction of sp³-hybridized carbons (Fsp3) is 0.692. The summed E-state index contributed by atoms with van der Waals surface area (Å²) in [7, 11) is 1.41. The molecule has 1 fully saturated rings. The lowest BCUT2D eigenvalue weighted by Crippen LogP contribution is -2.33. The molecule has 2 rings (SSSR count). The summed E-state index contributed by atoms with van der Waals surface area (Å²) in [5, 5.41) is 0.962. The SMILES string of the molecule is COC(=O)c1sc(N2CCCC2C(C)C)nc1C. The summed E-state index contributed by atoms with van der Waals surface area (Å²) in [5.41, 5.74) is 0.774. The molecule has 0 amide bonds. The van der Waals surface area contributed by atoms with Crippen molar-refractivity contribution in [3.8, 4) is 0 Å². The maximum absolute atomic E-state index is 11.6. The predicted molar refractivity (Wildman–Crippen MR) is 73.4 cm³/mol. The molecule has 1 saturated heterocycles. The first-order chi connectivity index (χ1) is 8.54. The van der Waals surface area contributed by atoms with Crippen molar-refractivity contribution in [2.75, 3.05) is 18.6 Å². The van der Waals surface area contributed by atoms with Gasteiger partial charge in [0.05, 0.1) is 12.8 Å². The van der Waals surface area contributed by atoms with Gasteiger partial charge in [-0.25, -0.2) is 9.78 Å². The largest absolute Gasteiger partial charge is 0.465 e. The minimum atomic E-state index is -0.281. The van der Waals surface area contributed by atoms with E-state index in [4.69, 9.17) is 4.74 Å². The number of hydrogen-bond acceptors (Lipinski definition) is 5. The molecule has 1 aromatic rings. The number of rotatable bonds is 3. The molecule has 1 aromatic heterocycles. The van der Waals surface area contributed by atoms with Crippen molar-refractivity contribution in [3.63, 3.8) is 0 Å². The number of esters is 1. The Morgan fingerprint density at radius 3 is 2.89 bits per heavy atom. The van der Waals surface area contributed by atoms with Gasteiger partial charge in [-0.3, -0.25) is 0 Å². The third kappa shape index (κ3) is 2.36. The zero-order valence-corrected chi connectivity index (χ0v) is 12.2. The van der Waals surface area contributed by atoms with E-state index in [0.717, 1.165) is 17.4 Å². The molecule has 18 heavy (non-hydrogen) atoms. The maximum Gasteiger partial charge on any atom is 0.350 e. The summed E-state index contributed by atoms with van der Waals surface area (Å²) < 4.78 is 4.78. The van der Waals surface area contributed by atoms with Crippen molar-refractivity contribution in [2.45, 2.75) is 39.7 Å². The lowest BCUT2D eigenvalue weighted by Gasteiger charge is -2.27. The third-order valence-corrected chi connectivity index (χ3v) is 4.65. The van der Waals surface area contributed by atoms with Gasteiger partial charge >= 0.3 is 5.97 Å². The normalized spacial score (nSPS) is 19.6. The van der Waals surface area contributed by atoms with Gasteiger partial charge in [-0.05, 0) is 25.7 Å². The van der Waals surface area contributed by atoms with Crippen LogP contribution in [0, 0.1) is 12.8 Å². The number of thiazole rings is 1. The maximum atomic E-state index is 11.6. The Morgan fingerprint density at radius 2 is 2.28 bits per heavy atom. The zero-order chi connectivity index (χ0) is 13.3. The number of hydrogen-bond donors (Lipinski definition) is 0. The van der Waals surface area contributed by atoms with Crippen LogP contribution in [0.3, 0.4) is 0 Å². The number of nitrogens with zero attached hydrogens (tertiary/aromatic N) is 2. The van der Waals surface area contributed by atoms with E-state index in [1.54, 1.807) is 0 Å². The number of aryl methyl sites for hydroxylation is 1. The Bertz CT molecular complexity index is 442. The van der Waals surface area contributed by atoms with Crippen LogP contribution < -0.4 is 4.90 Å². The van der Waals surface area contributed by atoms with E-state index in [1.807, 2.05) is 6.92 Å². The van der Waals surface area contributed by atoms with Crippen LogP contribution in [-0.4, -0.2) is 30.6 Å². The van der Waals surface area contributed by atoms with Crippen LogP contribution in [0.4, 0.5) is 5.13 Å². The van der Waals surface area contributed by atoms with E-state index in [9.17, 15) is 4.79 Å². The Kier molecular flexibility index (Phi) is 3.90. The monoisotopic (exact) mass is 268 g/mol. The topological polar surface area (TPSA) is 42.4 Å². The van der Waals surface area contributed by atoms with Crippen LogP contribution in [0.25, 0.3) is 0 Å². The highest BCUT2D eigenvalue weighted by Gasteiger charge is 2.30. The summed E-state index contributed by atoms with van der Waals surface area (Å²) in [6.45, 7) is 7.39. The molecule has 1 atom stereocenters. The molecular weight excluding hydrogens is 248 g/mol. The van der Waals surface area contributed by atoms with Crippen LogP contribution in [0.2, 0.25) is 0 Å². The predicted octanol–water partition coefficient (Wildman–Crippen LogP) is 2.86. The average Bonchev–Trinajstić information content (AvgIpc) is 2.93. The van der Waals surface area contributed by atoms with Crippen molar-refractivity contribution in [1.29, 1.82) is 0 Å². The molecule has 100 valence electrons. The quantitative estimate of drug-likeness (QED) is 0.791. The van der Waals surface area contributed by atoms with Gasteiger partial charge in [0.25, 0.3) is 0 Å². The van der Waals surface area contributed by atoms with E-state index in [0.29, 0.717) is 16.8 Å². The van der Waals surface area contributed by atoms with E-state index < -0.39 is 0 Å². The summed E-state index contributed by atoms with van der Waals surface area (Å²) in [4.78, 5) is 19.1. The third-order valence-electron chi connectivity index (χ3n) is 3.47. The van der Waals surface area contributed by atoms with Crippen molar-refractivity contribution < 1.29 is 9.53 Å². The van der Waals surface area contributed by atoms with Crippen molar-refractivity contribution in [3.05, 3.63) is 10.6 Å². The summed E-state index contributed by atoms with van der Waals surface area (Å²) >= 11 is 1.45. The Labute approximate surface area is 112 Å². The highest BCUT2D eigenvalue weighted by molar-refractivity contribution is 7.17. The first-order valence-electron chi connectivity index (χ1n) is 6.37. The molecule has 0 bridgehead atoms. The van der Waals surface area contributed by atoms with Crippen LogP contribution in [0.15, 0.2) is 0 Å². The van der Waals surface area contributed by atoms with Gasteiger partial charge in [-0.15, -0.1) is 0 Å². The number of aromatic nitrogens is 1. The van der Waals surface area contributed by atoms with E-state index >= 15 is 0 Å². The van der Waals surface area contributed by atoms with Crippen molar-refractivity contribution >= 4 is 22.4 Å². The summed E-state index contributed by atoms with van der Waals surface area (Å²) in [5.74, 6) is 0.329. The second-order valence-corrected chi connectivity index (χ2v) is 6.03. The number of ether oxygens (including phenoxy) is 1. The van der Waals surface area contributed by atoms with Gasteiger partial charge in [-0.2, -0.15) is 0 Å². The van der Waals surface area contributed by atoms with Crippen LogP contribution in [0.5, 0.6) is 0 Å². The Morgan fingerprint density at radius 1 is 1.56 bits per heavy atom. The minimum Gasteiger partial charge on any atom is -0.465 e. The van der Waals surface area contributed by atoms with Gasteiger partial charge in [0.15, 0.2) is 5.13 Å². The van der Waals surface area contributed by atoms with Crippen LogP contribution in [0.1, 0.15) is 42.1 Å². The number of carbonyl (C=O) groups is 1. The molecule has 0 saturated carbocycles. The standard InChI is InChI=1S/C13H20N2O2S/c1-8(2)10-6-5-7-15(10)13-14-9(3)11(18-13)12(16)17-4/h8,10H,5-7H2,1-4H3. The fourth-order valence-corrected chi connectivity index (χ4v) is 3.58. The molecule has 0 spiro atoms. The minimum absolute atomic E-state index is 0.281. The van der Waals surface area contributed by atoms with Crippen LogP contribution >= 0.6 is 11.3 Å². The second kappa shape index (κ2) is 5.26. The number of carbonyl (C=O) groups excluding carboxylic acids is 1. The summed E-state index contributed by atoms with van der Waals surface area (Å²) in [6, 6.07) is 0.543. The number of anilines is 1. The Balaban J connectivity index is 2.26. The molecule has 2 heterocycles. The molecule has 0 radical (unpaired) electrons. The van der Waals surface area contributed by atoms with E-state index in [1.165, 1.54) is 31.3 Å². The smallest absolute Gasteiger partial charge is 0.350 e. The van der Waals surface area contributed by atoms with Gasteiger partial charge < -0.3 is 9.64 Å². The van der Waals surface area contributed by atoms with Gasteiger partial charge in [0.2, 0.25) is 0 Å². The van der Waals surface area contributed by atoms with Gasteiger partial charge in [-0.1, -0.05) is 25.2 Å². The highest BCUT2D eigenvalue weighted by atomic mass is 32.1. The number of methoxy groups -OCH3 is 1. The first-order valence-corrected chi connectivity index (χ1v) is 7.18. The zero-order valence-electron chi connectivity index (χ0n) is 11.4. The second-order valence-electron chi connectivity index (χ2n) is 5.05. The van der Waals surface area contributed by atoms with Gasteiger partial charge in [0.1, 0.15) is 4.88 Å². The van der Waals surface area contributed by atoms with Crippen molar-refractivity contribution in [1.82, 2.24) is 4.98 Å². The van der Waals surface area contributed by atoms with Crippen molar-refractivity contribution in [2.24, 2.45) is 5.92 Å². The molecular formula is C13H20N2O2S. The molecule has 5 heteroatoms. The lowest BCUT2D eigenvalue weighted by atomic mass is 10.0. The molecule has 1 aliphatic rings. The molecule has 4 nitrogen and oxygen atoms in total. The average molecular weight is 268 g/mol. The van der Waals surface area contributed by atoms with E-state index in [-0.39, 0.29) is 5.97 Å².